The Morgan fingerprint density at radius 1 is 1.09 bits per heavy atom. The molecule has 0 fully saturated rings. The highest BCUT2D eigenvalue weighted by molar-refractivity contribution is 7.90. The summed E-state index contributed by atoms with van der Waals surface area (Å²) in [6.45, 7) is 1.67. The molecule has 0 heterocycles. The lowest BCUT2D eigenvalue weighted by molar-refractivity contribution is -0.114. The first-order valence-electron chi connectivity index (χ1n) is 6.44. The predicted molar refractivity (Wildman–Crippen MR) is 87.0 cm³/mol. The largest absolute Gasteiger partial charge is 0.269 e. The number of carbonyl (C=O) groups is 1. The SMILES string of the molecule is Cc1ccccc1S(=O)(=O)NC(=O)/C=C/c1ccc(Cl)cc1. The number of amides is 1. The number of aryl methyl sites for hydroxylation is 1. The second-order valence-electron chi connectivity index (χ2n) is 4.62. The Labute approximate surface area is 134 Å². The van der Waals surface area contributed by atoms with E-state index in [2.05, 4.69) is 0 Å². The minimum Gasteiger partial charge on any atom is -0.269 e. The maximum absolute atomic E-state index is 12.1. The normalized spacial score (nSPS) is 11.5. The molecule has 0 radical (unpaired) electrons. The van der Waals surface area contributed by atoms with Gasteiger partial charge in [0.2, 0.25) is 0 Å². The first-order chi connectivity index (χ1) is 10.4. The van der Waals surface area contributed by atoms with Gasteiger partial charge in [-0.25, -0.2) is 13.1 Å². The van der Waals surface area contributed by atoms with Gasteiger partial charge in [-0.2, -0.15) is 0 Å². The van der Waals surface area contributed by atoms with Crippen LogP contribution in [0.4, 0.5) is 0 Å². The molecular formula is C16H14ClNO3S. The minimum atomic E-state index is -3.87. The van der Waals surface area contributed by atoms with Gasteiger partial charge >= 0.3 is 0 Å². The maximum atomic E-state index is 12.1. The molecule has 114 valence electrons. The van der Waals surface area contributed by atoms with Crippen molar-refractivity contribution in [2.45, 2.75) is 11.8 Å². The van der Waals surface area contributed by atoms with Gasteiger partial charge in [-0.05, 0) is 42.3 Å². The van der Waals surface area contributed by atoms with E-state index in [0.29, 0.717) is 10.6 Å². The van der Waals surface area contributed by atoms with Crippen molar-refractivity contribution in [2.24, 2.45) is 0 Å². The molecule has 22 heavy (non-hydrogen) atoms. The Morgan fingerprint density at radius 3 is 2.36 bits per heavy atom. The monoisotopic (exact) mass is 335 g/mol. The molecule has 0 atom stereocenters. The molecule has 0 aliphatic rings. The summed E-state index contributed by atoms with van der Waals surface area (Å²) >= 11 is 5.76. The van der Waals surface area contributed by atoms with Crippen LogP contribution in [0.5, 0.6) is 0 Å². The highest BCUT2D eigenvalue weighted by Gasteiger charge is 2.17. The van der Waals surface area contributed by atoms with Gasteiger partial charge in [-0.3, -0.25) is 4.79 Å². The number of sulfonamides is 1. The average molecular weight is 336 g/mol. The molecular weight excluding hydrogens is 322 g/mol. The van der Waals surface area contributed by atoms with Crippen molar-refractivity contribution in [3.63, 3.8) is 0 Å². The lowest BCUT2D eigenvalue weighted by Crippen LogP contribution is -2.29. The second-order valence-corrected chi connectivity index (χ2v) is 6.71. The summed E-state index contributed by atoms with van der Waals surface area (Å²) in [5.41, 5.74) is 1.32. The van der Waals surface area contributed by atoms with E-state index in [1.807, 2.05) is 4.72 Å². The Kier molecular flexibility index (Phi) is 5.00. The topological polar surface area (TPSA) is 63.2 Å². The van der Waals surface area contributed by atoms with Crippen molar-refractivity contribution in [2.75, 3.05) is 0 Å². The van der Waals surface area contributed by atoms with E-state index >= 15 is 0 Å². The van der Waals surface area contributed by atoms with Crippen molar-refractivity contribution in [1.82, 2.24) is 4.72 Å². The molecule has 6 heteroatoms. The number of rotatable bonds is 4. The van der Waals surface area contributed by atoms with E-state index in [4.69, 9.17) is 11.6 Å². The molecule has 0 saturated carbocycles. The van der Waals surface area contributed by atoms with Crippen LogP contribution in [0, 0.1) is 6.92 Å². The summed E-state index contributed by atoms with van der Waals surface area (Å²) < 4.78 is 26.3. The molecule has 4 nitrogen and oxygen atoms in total. The summed E-state index contributed by atoms with van der Waals surface area (Å²) in [7, 11) is -3.87. The fourth-order valence-corrected chi connectivity index (χ4v) is 3.14. The third kappa shape index (κ3) is 4.19. The highest BCUT2D eigenvalue weighted by atomic mass is 35.5. The first kappa shape index (κ1) is 16.3. The van der Waals surface area contributed by atoms with Crippen LogP contribution >= 0.6 is 11.6 Å². The number of benzene rings is 2. The minimum absolute atomic E-state index is 0.0863. The third-order valence-corrected chi connectivity index (χ3v) is 4.67. The molecule has 0 aromatic heterocycles. The zero-order valence-corrected chi connectivity index (χ0v) is 13.4. The Hall–Kier alpha value is -2.11. The van der Waals surface area contributed by atoms with Crippen LogP contribution in [0.15, 0.2) is 59.5 Å². The number of hydrogen-bond donors (Lipinski definition) is 1. The van der Waals surface area contributed by atoms with Crippen molar-refractivity contribution in [3.05, 3.63) is 70.8 Å². The predicted octanol–water partition coefficient (Wildman–Crippen LogP) is 3.17. The Balaban J connectivity index is 2.11. The van der Waals surface area contributed by atoms with E-state index in [9.17, 15) is 13.2 Å². The van der Waals surface area contributed by atoms with Gasteiger partial charge in [0.15, 0.2) is 0 Å². The molecule has 0 unspecified atom stereocenters. The summed E-state index contributed by atoms with van der Waals surface area (Å²) in [5.74, 6) is -0.710. The third-order valence-electron chi connectivity index (χ3n) is 2.92. The molecule has 1 N–H and O–H groups in total. The molecule has 2 aromatic rings. The van der Waals surface area contributed by atoms with E-state index in [1.54, 1.807) is 49.4 Å². The van der Waals surface area contributed by atoms with E-state index in [-0.39, 0.29) is 4.90 Å². The number of halogens is 1. The summed E-state index contributed by atoms with van der Waals surface area (Å²) in [4.78, 5) is 11.9. The van der Waals surface area contributed by atoms with E-state index < -0.39 is 15.9 Å². The molecule has 0 saturated heterocycles. The van der Waals surface area contributed by atoms with Gasteiger partial charge in [-0.1, -0.05) is 41.9 Å². The lowest BCUT2D eigenvalue weighted by atomic mass is 10.2. The molecule has 0 spiro atoms. The van der Waals surface area contributed by atoms with Gasteiger partial charge < -0.3 is 0 Å². The van der Waals surface area contributed by atoms with Crippen LogP contribution in [0.3, 0.4) is 0 Å². The zero-order valence-electron chi connectivity index (χ0n) is 11.8. The van der Waals surface area contributed by atoms with Crippen LogP contribution in [0.2, 0.25) is 5.02 Å². The maximum Gasteiger partial charge on any atom is 0.264 e. The quantitative estimate of drug-likeness (QED) is 0.873. The summed E-state index contributed by atoms with van der Waals surface area (Å²) in [5, 5.41) is 0.587. The smallest absolute Gasteiger partial charge is 0.264 e. The van der Waals surface area contributed by atoms with Crippen LogP contribution in [-0.2, 0) is 14.8 Å². The average Bonchev–Trinajstić information content (AvgIpc) is 2.46. The fraction of sp³-hybridized carbons (Fsp3) is 0.0625. The van der Waals surface area contributed by atoms with E-state index in [1.165, 1.54) is 18.2 Å². The van der Waals surface area contributed by atoms with Crippen LogP contribution in [0.1, 0.15) is 11.1 Å². The standard InChI is InChI=1S/C16H14ClNO3S/c1-12-4-2-3-5-15(12)22(20,21)18-16(19)11-8-13-6-9-14(17)10-7-13/h2-11H,1H3,(H,18,19)/b11-8+. The molecule has 2 aromatic carbocycles. The van der Waals surface area contributed by atoms with Crippen LogP contribution in [-0.4, -0.2) is 14.3 Å². The molecule has 0 aliphatic heterocycles. The first-order valence-corrected chi connectivity index (χ1v) is 8.31. The fourth-order valence-electron chi connectivity index (χ4n) is 1.83. The molecule has 0 bridgehead atoms. The van der Waals surface area contributed by atoms with Crippen LogP contribution < -0.4 is 4.72 Å². The summed E-state index contributed by atoms with van der Waals surface area (Å²) in [6, 6.07) is 13.3. The van der Waals surface area contributed by atoms with E-state index in [0.717, 1.165) is 5.56 Å². The van der Waals surface area contributed by atoms with Gasteiger partial charge in [0.05, 0.1) is 4.90 Å². The van der Waals surface area contributed by atoms with Gasteiger partial charge in [0.25, 0.3) is 15.9 Å². The Morgan fingerprint density at radius 2 is 1.73 bits per heavy atom. The van der Waals surface area contributed by atoms with Gasteiger partial charge in [0, 0.05) is 11.1 Å². The van der Waals surface area contributed by atoms with Crippen molar-refractivity contribution in [3.8, 4) is 0 Å². The van der Waals surface area contributed by atoms with Crippen molar-refractivity contribution in [1.29, 1.82) is 0 Å². The lowest BCUT2D eigenvalue weighted by Gasteiger charge is -2.07. The molecule has 0 aliphatic carbocycles. The molecule has 1 amide bonds. The second kappa shape index (κ2) is 6.77. The zero-order chi connectivity index (χ0) is 16.2. The van der Waals surface area contributed by atoms with Crippen LogP contribution in [0.25, 0.3) is 6.08 Å². The van der Waals surface area contributed by atoms with Gasteiger partial charge in [-0.15, -0.1) is 0 Å². The molecule has 2 rings (SSSR count). The summed E-state index contributed by atoms with van der Waals surface area (Å²) in [6.07, 6.45) is 2.68. The number of carbonyl (C=O) groups excluding carboxylic acids is 1. The van der Waals surface area contributed by atoms with Crippen molar-refractivity contribution >= 4 is 33.6 Å². The number of hydrogen-bond acceptors (Lipinski definition) is 3. The number of nitrogens with one attached hydrogen (secondary N) is 1. The highest BCUT2D eigenvalue weighted by Crippen LogP contribution is 2.14. The van der Waals surface area contributed by atoms with Gasteiger partial charge in [0.1, 0.15) is 0 Å². The Bertz CT molecular complexity index is 812. The van der Waals surface area contributed by atoms with Crippen molar-refractivity contribution < 1.29 is 13.2 Å².